The average molecular weight is 300 g/mol. The summed E-state index contributed by atoms with van der Waals surface area (Å²) >= 11 is 0. The second-order valence-electron chi connectivity index (χ2n) is 6.81. The van der Waals surface area contributed by atoms with Crippen LogP contribution >= 0.6 is 0 Å². The molecule has 2 heterocycles. The zero-order chi connectivity index (χ0) is 15.1. The zero-order valence-corrected chi connectivity index (χ0v) is 13.3. The summed E-state index contributed by atoms with van der Waals surface area (Å²) in [6, 6.07) is 6.23. The van der Waals surface area contributed by atoms with Gasteiger partial charge in [0.1, 0.15) is 5.75 Å². The molecule has 0 unspecified atom stereocenters. The Bertz CT molecular complexity index is 576. The number of ether oxygens (including phenoxy) is 1. The maximum absolute atomic E-state index is 13.1. The number of hydrogen-bond donors (Lipinski definition) is 0. The van der Waals surface area contributed by atoms with Gasteiger partial charge in [-0.25, -0.2) is 0 Å². The highest BCUT2D eigenvalue weighted by molar-refractivity contribution is 5.97. The lowest BCUT2D eigenvalue weighted by Gasteiger charge is -2.30. The Kier molecular flexibility index (Phi) is 3.57. The molecule has 4 nitrogen and oxygen atoms in total. The zero-order valence-electron chi connectivity index (χ0n) is 13.3. The Labute approximate surface area is 132 Å². The molecule has 1 amide bonds. The van der Waals surface area contributed by atoms with Gasteiger partial charge in [0.05, 0.1) is 12.6 Å². The summed E-state index contributed by atoms with van der Waals surface area (Å²) in [6.45, 7) is 2.92. The van der Waals surface area contributed by atoms with E-state index in [9.17, 15) is 4.79 Å². The van der Waals surface area contributed by atoms with E-state index < -0.39 is 0 Å². The lowest BCUT2D eigenvalue weighted by Crippen LogP contribution is -2.48. The Morgan fingerprint density at radius 3 is 2.82 bits per heavy atom. The van der Waals surface area contributed by atoms with Crippen LogP contribution in [0.4, 0.5) is 5.69 Å². The quantitative estimate of drug-likeness (QED) is 0.856. The molecule has 118 valence electrons. The number of fused-ring (bicyclic) bond motifs is 1. The van der Waals surface area contributed by atoms with Crippen LogP contribution in [0.2, 0.25) is 0 Å². The fraction of sp³-hybridized carbons (Fsp3) is 0.611. The lowest BCUT2D eigenvalue weighted by molar-refractivity contribution is -0.123. The van der Waals surface area contributed by atoms with E-state index in [4.69, 9.17) is 4.74 Å². The maximum atomic E-state index is 13.1. The SMILES string of the molecule is CN(C(=O)[C@@H](C1CC1)N1CCCC1)c1ccc2c(c1)CCO2. The predicted molar refractivity (Wildman–Crippen MR) is 86.4 cm³/mol. The molecule has 1 saturated heterocycles. The van der Waals surface area contributed by atoms with Crippen LogP contribution in [0.1, 0.15) is 31.2 Å². The van der Waals surface area contributed by atoms with Crippen LogP contribution in [0.3, 0.4) is 0 Å². The van der Waals surface area contributed by atoms with E-state index in [0.717, 1.165) is 37.6 Å². The molecule has 1 atom stereocenters. The molecule has 0 N–H and O–H groups in total. The number of nitrogens with zero attached hydrogens (tertiary/aromatic N) is 2. The molecular weight excluding hydrogens is 276 g/mol. The van der Waals surface area contributed by atoms with Crippen molar-refractivity contribution in [1.29, 1.82) is 0 Å². The first-order valence-corrected chi connectivity index (χ1v) is 8.51. The number of anilines is 1. The molecule has 3 aliphatic rings. The number of hydrogen-bond acceptors (Lipinski definition) is 3. The Balaban J connectivity index is 1.55. The summed E-state index contributed by atoms with van der Waals surface area (Å²) in [4.78, 5) is 17.3. The topological polar surface area (TPSA) is 32.8 Å². The minimum Gasteiger partial charge on any atom is -0.493 e. The van der Waals surface area contributed by atoms with Gasteiger partial charge in [0, 0.05) is 19.2 Å². The molecule has 22 heavy (non-hydrogen) atoms. The van der Waals surface area contributed by atoms with E-state index in [-0.39, 0.29) is 11.9 Å². The van der Waals surface area contributed by atoms with Crippen LogP contribution in [-0.2, 0) is 11.2 Å². The molecule has 4 rings (SSSR count). The second-order valence-corrected chi connectivity index (χ2v) is 6.81. The molecule has 1 aromatic carbocycles. The summed E-state index contributed by atoms with van der Waals surface area (Å²) in [7, 11) is 1.92. The molecule has 0 spiro atoms. The minimum atomic E-state index is 0.0944. The molecule has 4 heteroatoms. The van der Waals surface area contributed by atoms with Gasteiger partial charge in [0.2, 0.25) is 5.91 Å². The van der Waals surface area contributed by atoms with Gasteiger partial charge in [-0.05, 0) is 68.5 Å². The number of rotatable bonds is 4. The summed E-state index contributed by atoms with van der Waals surface area (Å²) in [6.07, 6.45) is 5.83. The Hall–Kier alpha value is -1.55. The van der Waals surface area contributed by atoms with Gasteiger partial charge in [-0.1, -0.05) is 0 Å². The third-order valence-electron chi connectivity index (χ3n) is 5.25. The summed E-state index contributed by atoms with van der Waals surface area (Å²) in [5, 5.41) is 0. The maximum Gasteiger partial charge on any atom is 0.244 e. The summed E-state index contributed by atoms with van der Waals surface area (Å²) in [5.41, 5.74) is 2.22. The van der Waals surface area contributed by atoms with Crippen LogP contribution in [0.25, 0.3) is 0 Å². The van der Waals surface area contributed by atoms with Gasteiger partial charge >= 0.3 is 0 Å². The lowest BCUT2D eigenvalue weighted by atomic mass is 10.1. The highest BCUT2D eigenvalue weighted by Crippen LogP contribution is 2.38. The van der Waals surface area contributed by atoms with Crippen LogP contribution in [0.15, 0.2) is 18.2 Å². The van der Waals surface area contributed by atoms with Gasteiger partial charge in [0.25, 0.3) is 0 Å². The van der Waals surface area contributed by atoms with Crippen LogP contribution in [-0.4, -0.2) is 43.6 Å². The van der Waals surface area contributed by atoms with Crippen molar-refractivity contribution in [1.82, 2.24) is 4.90 Å². The normalized spacial score (nSPS) is 22.2. The van der Waals surface area contributed by atoms with E-state index in [0.29, 0.717) is 5.92 Å². The van der Waals surface area contributed by atoms with Crippen molar-refractivity contribution < 1.29 is 9.53 Å². The summed E-state index contributed by atoms with van der Waals surface area (Å²) < 4.78 is 5.56. The third-order valence-corrected chi connectivity index (χ3v) is 5.25. The molecule has 0 aromatic heterocycles. The largest absolute Gasteiger partial charge is 0.493 e. The van der Waals surface area contributed by atoms with E-state index in [1.807, 2.05) is 24.1 Å². The highest BCUT2D eigenvalue weighted by atomic mass is 16.5. The average Bonchev–Trinajstić information content (AvgIpc) is 3.03. The second kappa shape index (κ2) is 5.58. The van der Waals surface area contributed by atoms with Crippen molar-refractivity contribution >= 4 is 11.6 Å². The van der Waals surface area contributed by atoms with Gasteiger partial charge in [-0.2, -0.15) is 0 Å². The smallest absolute Gasteiger partial charge is 0.244 e. The van der Waals surface area contributed by atoms with Crippen molar-refractivity contribution in [3.05, 3.63) is 23.8 Å². The van der Waals surface area contributed by atoms with Gasteiger partial charge < -0.3 is 9.64 Å². The fourth-order valence-corrected chi connectivity index (χ4v) is 3.79. The fourth-order valence-electron chi connectivity index (χ4n) is 3.79. The monoisotopic (exact) mass is 300 g/mol. The molecule has 2 aliphatic heterocycles. The van der Waals surface area contributed by atoms with Crippen molar-refractivity contribution in [2.75, 3.05) is 31.6 Å². The summed E-state index contributed by atoms with van der Waals surface area (Å²) in [5.74, 6) is 1.82. The molecule has 2 fully saturated rings. The van der Waals surface area contributed by atoms with E-state index >= 15 is 0 Å². The predicted octanol–water partition coefficient (Wildman–Crippen LogP) is 2.46. The first-order chi connectivity index (χ1) is 10.7. The first-order valence-electron chi connectivity index (χ1n) is 8.51. The molecule has 0 radical (unpaired) electrons. The highest BCUT2D eigenvalue weighted by Gasteiger charge is 2.42. The van der Waals surface area contributed by atoms with Crippen molar-refractivity contribution in [2.45, 2.75) is 38.1 Å². The van der Waals surface area contributed by atoms with Gasteiger partial charge in [0.15, 0.2) is 0 Å². The number of amides is 1. The van der Waals surface area contributed by atoms with Gasteiger partial charge in [-0.3, -0.25) is 9.69 Å². The molecular formula is C18H24N2O2. The van der Waals surface area contributed by atoms with E-state index in [1.165, 1.54) is 31.2 Å². The molecule has 1 aromatic rings. The van der Waals surface area contributed by atoms with Crippen molar-refractivity contribution in [3.8, 4) is 5.75 Å². The molecule has 1 saturated carbocycles. The first kappa shape index (κ1) is 14.1. The van der Waals surface area contributed by atoms with Crippen LogP contribution in [0, 0.1) is 5.92 Å². The number of benzene rings is 1. The number of carbonyl (C=O) groups is 1. The van der Waals surface area contributed by atoms with E-state index in [1.54, 1.807) is 0 Å². The third kappa shape index (κ3) is 2.50. The van der Waals surface area contributed by atoms with Crippen molar-refractivity contribution in [2.24, 2.45) is 5.92 Å². The number of likely N-dealkylation sites (N-methyl/N-ethyl adjacent to an activating group) is 1. The van der Waals surface area contributed by atoms with Crippen molar-refractivity contribution in [3.63, 3.8) is 0 Å². The molecule has 0 bridgehead atoms. The van der Waals surface area contributed by atoms with E-state index in [2.05, 4.69) is 11.0 Å². The van der Waals surface area contributed by atoms with Gasteiger partial charge in [-0.15, -0.1) is 0 Å². The Morgan fingerprint density at radius 2 is 2.09 bits per heavy atom. The number of likely N-dealkylation sites (tertiary alicyclic amines) is 1. The van der Waals surface area contributed by atoms with Crippen LogP contribution in [0.5, 0.6) is 5.75 Å². The minimum absolute atomic E-state index is 0.0944. The van der Waals surface area contributed by atoms with Crippen LogP contribution < -0.4 is 9.64 Å². The standard InChI is InChI=1S/C18H24N2O2/c1-19(15-6-7-16-14(12-15)8-11-22-16)18(21)17(13-4-5-13)20-9-2-3-10-20/h6-7,12-13,17H,2-5,8-11H2,1H3/t17-/m1/s1. The Morgan fingerprint density at radius 1 is 1.32 bits per heavy atom. The molecule has 1 aliphatic carbocycles. The number of carbonyl (C=O) groups excluding carboxylic acids is 1.